The predicted molar refractivity (Wildman–Crippen MR) is 154 cm³/mol. The maximum absolute atomic E-state index is 14.1. The van der Waals surface area contributed by atoms with Crippen molar-refractivity contribution in [3.63, 3.8) is 0 Å². The van der Waals surface area contributed by atoms with Gasteiger partial charge < -0.3 is 9.47 Å². The molecule has 5 rings (SSSR count). The smallest absolute Gasteiger partial charge is 0.338 e. The SMILES string of the molecule is CCCC1=C(C(=O)OCC)[C@H](c2cc(Br)ccc2OC)n2c(s/c(=C/c3cccc4ccccc34)c2=O)=N1. The molecule has 0 saturated heterocycles. The number of rotatable bonds is 7. The third-order valence-corrected chi connectivity index (χ3v) is 7.96. The number of carbonyl (C=O) groups excluding carboxylic acids is 1. The van der Waals surface area contributed by atoms with Gasteiger partial charge in [-0.2, -0.15) is 0 Å². The average molecular weight is 592 g/mol. The van der Waals surface area contributed by atoms with Crippen molar-refractivity contribution in [2.75, 3.05) is 13.7 Å². The van der Waals surface area contributed by atoms with E-state index in [0.29, 0.717) is 38.3 Å². The number of nitrogens with zero attached hydrogens (tertiary/aromatic N) is 2. The van der Waals surface area contributed by atoms with E-state index in [9.17, 15) is 9.59 Å². The summed E-state index contributed by atoms with van der Waals surface area (Å²) in [6, 6.07) is 19.0. The second kappa shape index (κ2) is 11.1. The molecule has 0 spiro atoms. The summed E-state index contributed by atoms with van der Waals surface area (Å²) in [7, 11) is 1.58. The Bertz CT molecular complexity index is 1750. The Hall–Kier alpha value is -3.49. The molecule has 0 saturated carbocycles. The topological polar surface area (TPSA) is 69.9 Å². The molecule has 0 N–H and O–H groups in total. The third-order valence-electron chi connectivity index (χ3n) is 6.49. The Kier molecular flexibility index (Phi) is 7.63. The van der Waals surface area contributed by atoms with Crippen molar-refractivity contribution in [3.8, 4) is 5.75 Å². The Labute approximate surface area is 232 Å². The van der Waals surface area contributed by atoms with Gasteiger partial charge in [0.15, 0.2) is 4.80 Å². The summed E-state index contributed by atoms with van der Waals surface area (Å²) in [5, 5.41) is 2.16. The summed E-state index contributed by atoms with van der Waals surface area (Å²) in [4.78, 5) is 32.9. The number of ether oxygens (including phenoxy) is 2. The summed E-state index contributed by atoms with van der Waals surface area (Å²) in [5.74, 6) is 0.0939. The van der Waals surface area contributed by atoms with Crippen molar-refractivity contribution >= 4 is 50.1 Å². The maximum Gasteiger partial charge on any atom is 0.338 e. The van der Waals surface area contributed by atoms with Crippen LogP contribution in [0.4, 0.5) is 0 Å². The minimum Gasteiger partial charge on any atom is -0.496 e. The minimum absolute atomic E-state index is 0.217. The number of fused-ring (bicyclic) bond motifs is 2. The van der Waals surface area contributed by atoms with Crippen LogP contribution in [0.3, 0.4) is 0 Å². The number of halogens is 1. The first kappa shape index (κ1) is 26.1. The first-order chi connectivity index (χ1) is 18.5. The van der Waals surface area contributed by atoms with Gasteiger partial charge in [0.2, 0.25) is 0 Å². The van der Waals surface area contributed by atoms with Gasteiger partial charge in [0.1, 0.15) is 11.8 Å². The number of thiazole rings is 1. The molecule has 38 heavy (non-hydrogen) atoms. The van der Waals surface area contributed by atoms with Crippen LogP contribution in [0.2, 0.25) is 0 Å². The van der Waals surface area contributed by atoms with Crippen molar-refractivity contribution < 1.29 is 14.3 Å². The highest BCUT2D eigenvalue weighted by Gasteiger charge is 2.36. The summed E-state index contributed by atoms with van der Waals surface area (Å²) >= 11 is 4.88. The fourth-order valence-corrected chi connectivity index (χ4v) is 6.24. The fraction of sp³-hybridized carbons (Fsp3) is 0.233. The van der Waals surface area contributed by atoms with Gasteiger partial charge >= 0.3 is 5.97 Å². The average Bonchev–Trinajstić information content (AvgIpc) is 3.22. The van der Waals surface area contributed by atoms with E-state index in [1.165, 1.54) is 11.3 Å². The largest absolute Gasteiger partial charge is 0.496 e. The van der Waals surface area contributed by atoms with Gasteiger partial charge in [-0.05, 0) is 54.0 Å². The molecule has 0 radical (unpaired) electrons. The van der Waals surface area contributed by atoms with Crippen LogP contribution >= 0.6 is 27.3 Å². The van der Waals surface area contributed by atoms with Crippen LogP contribution in [0, 0.1) is 0 Å². The quantitative estimate of drug-likeness (QED) is 0.266. The second-order valence-corrected chi connectivity index (χ2v) is 10.8. The molecular formula is C30H27BrN2O4S. The summed E-state index contributed by atoms with van der Waals surface area (Å²) in [5.41, 5.74) is 2.42. The molecule has 1 atom stereocenters. The highest BCUT2D eigenvalue weighted by atomic mass is 79.9. The first-order valence-corrected chi connectivity index (χ1v) is 14.1. The van der Waals surface area contributed by atoms with E-state index in [1.54, 1.807) is 18.6 Å². The molecule has 0 amide bonds. The number of carbonyl (C=O) groups is 1. The van der Waals surface area contributed by atoms with Crippen molar-refractivity contribution in [1.29, 1.82) is 0 Å². The molecule has 1 aliphatic rings. The monoisotopic (exact) mass is 590 g/mol. The van der Waals surface area contributed by atoms with Gasteiger partial charge in [-0.1, -0.05) is 83.1 Å². The van der Waals surface area contributed by atoms with Crippen LogP contribution in [0.5, 0.6) is 5.75 Å². The molecule has 3 aromatic carbocycles. The molecule has 2 heterocycles. The predicted octanol–water partition coefficient (Wildman–Crippen LogP) is 5.50. The Morgan fingerprint density at radius 1 is 1.13 bits per heavy atom. The van der Waals surface area contributed by atoms with E-state index >= 15 is 0 Å². The highest BCUT2D eigenvalue weighted by molar-refractivity contribution is 9.10. The summed E-state index contributed by atoms with van der Waals surface area (Å²) in [6.45, 7) is 4.03. The number of hydrogen-bond acceptors (Lipinski definition) is 6. The standard InChI is InChI=1S/C30H27BrN2O4S/c1-4-9-23-26(29(35)37-5-2)27(22-17-20(31)14-15-24(22)36-3)33-28(34)25(38-30(33)32-23)16-19-12-8-11-18-10-6-7-13-21(18)19/h6-8,10-17,27H,4-5,9H2,1-3H3/b25-16+/t27-/m0/s1. The zero-order valence-corrected chi connectivity index (χ0v) is 23.8. The van der Waals surface area contributed by atoms with Gasteiger partial charge in [0.25, 0.3) is 5.56 Å². The van der Waals surface area contributed by atoms with E-state index < -0.39 is 12.0 Å². The van der Waals surface area contributed by atoms with Crippen LogP contribution in [-0.4, -0.2) is 24.3 Å². The molecule has 1 aromatic heterocycles. The Morgan fingerprint density at radius 3 is 2.68 bits per heavy atom. The van der Waals surface area contributed by atoms with Crippen molar-refractivity contribution in [2.45, 2.75) is 32.7 Å². The number of methoxy groups -OCH3 is 1. The number of hydrogen-bond donors (Lipinski definition) is 0. The lowest BCUT2D eigenvalue weighted by atomic mass is 9.93. The molecule has 0 bridgehead atoms. The van der Waals surface area contributed by atoms with Gasteiger partial charge in [0.05, 0.1) is 29.5 Å². The number of benzene rings is 3. The lowest BCUT2D eigenvalue weighted by molar-refractivity contribution is -0.139. The molecular weight excluding hydrogens is 564 g/mol. The van der Waals surface area contributed by atoms with E-state index in [4.69, 9.17) is 14.5 Å². The van der Waals surface area contributed by atoms with Crippen molar-refractivity contribution in [2.24, 2.45) is 4.99 Å². The molecule has 6 nitrogen and oxygen atoms in total. The molecule has 0 fully saturated rings. The number of allylic oxidation sites excluding steroid dienone is 1. The zero-order chi connectivity index (χ0) is 26.8. The van der Waals surface area contributed by atoms with Gasteiger partial charge in [0, 0.05) is 10.0 Å². The van der Waals surface area contributed by atoms with Gasteiger partial charge in [-0.25, -0.2) is 9.79 Å². The number of esters is 1. The third kappa shape index (κ3) is 4.74. The molecule has 194 valence electrons. The minimum atomic E-state index is -0.742. The zero-order valence-electron chi connectivity index (χ0n) is 21.4. The Morgan fingerprint density at radius 2 is 1.92 bits per heavy atom. The molecule has 4 aromatic rings. The maximum atomic E-state index is 14.1. The van der Waals surface area contributed by atoms with Crippen LogP contribution < -0.4 is 19.6 Å². The molecule has 0 unspecified atom stereocenters. The lowest BCUT2D eigenvalue weighted by Gasteiger charge is -2.27. The van der Waals surface area contributed by atoms with E-state index in [1.807, 2.05) is 61.5 Å². The molecule has 0 aliphatic carbocycles. The highest BCUT2D eigenvalue weighted by Crippen LogP contribution is 2.38. The van der Waals surface area contributed by atoms with Gasteiger partial charge in [-0.15, -0.1) is 0 Å². The first-order valence-electron chi connectivity index (χ1n) is 12.5. The lowest BCUT2D eigenvalue weighted by Crippen LogP contribution is -2.40. The normalized spacial score (nSPS) is 15.4. The van der Waals surface area contributed by atoms with Crippen molar-refractivity contribution in [3.05, 3.63) is 107 Å². The van der Waals surface area contributed by atoms with Crippen LogP contribution in [0.25, 0.3) is 16.8 Å². The second-order valence-electron chi connectivity index (χ2n) is 8.87. The molecule has 1 aliphatic heterocycles. The van der Waals surface area contributed by atoms with E-state index in [0.717, 1.165) is 27.2 Å². The van der Waals surface area contributed by atoms with E-state index in [-0.39, 0.29) is 12.2 Å². The Balaban J connectivity index is 1.82. The van der Waals surface area contributed by atoms with E-state index in [2.05, 4.69) is 28.1 Å². The van der Waals surface area contributed by atoms with Crippen LogP contribution in [-0.2, 0) is 9.53 Å². The van der Waals surface area contributed by atoms with Crippen LogP contribution in [0.15, 0.2) is 86.2 Å². The number of aromatic nitrogens is 1. The van der Waals surface area contributed by atoms with Gasteiger partial charge in [-0.3, -0.25) is 9.36 Å². The van der Waals surface area contributed by atoms with Crippen molar-refractivity contribution in [1.82, 2.24) is 4.57 Å². The summed E-state index contributed by atoms with van der Waals surface area (Å²) < 4.78 is 14.1. The van der Waals surface area contributed by atoms with Crippen LogP contribution in [0.1, 0.15) is 43.9 Å². The summed E-state index contributed by atoms with van der Waals surface area (Å²) in [6.07, 6.45) is 3.28. The fourth-order valence-electron chi connectivity index (χ4n) is 4.85. The molecule has 8 heteroatoms.